The first-order valence-electron chi connectivity index (χ1n) is 10.3. The number of amides is 1. The molecule has 1 aromatic rings. The van der Waals surface area contributed by atoms with E-state index in [4.69, 9.17) is 0 Å². The summed E-state index contributed by atoms with van der Waals surface area (Å²) in [7, 11) is 0. The van der Waals surface area contributed by atoms with E-state index in [-0.39, 0.29) is 23.9 Å². The zero-order chi connectivity index (χ0) is 18.1. The lowest BCUT2D eigenvalue weighted by Crippen LogP contribution is -2.55. The van der Waals surface area contributed by atoms with E-state index in [1.54, 1.807) is 0 Å². The van der Waals surface area contributed by atoms with Crippen LogP contribution in [0, 0.1) is 24.2 Å². The average molecular weight is 377 g/mol. The van der Waals surface area contributed by atoms with Gasteiger partial charge in [-0.15, -0.1) is 11.3 Å². The Hall–Kier alpha value is -0.910. The smallest absolute Gasteiger partial charge is 0.225 e. The number of aliphatic hydroxyl groups excluding tert-OH is 1. The van der Waals surface area contributed by atoms with Crippen LogP contribution in [-0.4, -0.2) is 53.6 Å². The highest BCUT2D eigenvalue weighted by molar-refractivity contribution is 7.11. The van der Waals surface area contributed by atoms with Gasteiger partial charge < -0.3 is 10.0 Å². The first kappa shape index (κ1) is 18.5. The normalized spacial score (nSPS) is 26.8. The van der Waals surface area contributed by atoms with Crippen molar-refractivity contribution in [3.63, 3.8) is 0 Å². The predicted molar refractivity (Wildman–Crippen MR) is 105 cm³/mol. The largest absolute Gasteiger partial charge is 0.396 e. The van der Waals surface area contributed by atoms with E-state index in [1.807, 2.05) is 11.3 Å². The Morgan fingerprint density at radius 2 is 1.96 bits per heavy atom. The molecule has 2 aliphatic heterocycles. The second-order valence-electron chi connectivity index (χ2n) is 8.69. The molecule has 1 amide bonds. The van der Waals surface area contributed by atoms with Crippen LogP contribution >= 0.6 is 11.3 Å². The molecule has 26 heavy (non-hydrogen) atoms. The molecule has 1 N–H and O–H groups in total. The predicted octanol–water partition coefficient (Wildman–Crippen LogP) is 3.28. The third-order valence-electron chi connectivity index (χ3n) is 7.20. The highest BCUT2D eigenvalue weighted by Gasteiger charge is 2.46. The van der Waals surface area contributed by atoms with Crippen LogP contribution in [0.1, 0.15) is 48.3 Å². The minimum Gasteiger partial charge on any atom is -0.396 e. The summed E-state index contributed by atoms with van der Waals surface area (Å²) in [5.41, 5.74) is 0.243. The molecule has 0 unspecified atom stereocenters. The Balaban J connectivity index is 1.34. The van der Waals surface area contributed by atoms with Crippen LogP contribution in [0.2, 0.25) is 0 Å². The highest BCUT2D eigenvalue weighted by Crippen LogP contribution is 2.46. The van der Waals surface area contributed by atoms with Crippen molar-refractivity contribution in [3.8, 4) is 0 Å². The van der Waals surface area contributed by atoms with Crippen molar-refractivity contribution in [3.05, 3.63) is 21.9 Å². The standard InChI is InChI=1S/C21H32N2O2S/c1-16-5-6-19(26-16)14-22-10-7-21(8-11-22)9-12-23(13-18(21)15-24)20(25)17-3-2-4-17/h5-6,17-18,24H,2-4,7-15H2,1H3/t18-/m0/s1. The molecule has 4 rings (SSSR count). The van der Waals surface area contributed by atoms with Gasteiger partial charge in [-0.05, 0) is 69.7 Å². The van der Waals surface area contributed by atoms with Gasteiger partial charge in [0.25, 0.3) is 0 Å². The fourth-order valence-electron chi connectivity index (χ4n) is 5.08. The number of likely N-dealkylation sites (tertiary alicyclic amines) is 2. The van der Waals surface area contributed by atoms with Crippen molar-refractivity contribution in [1.29, 1.82) is 0 Å². The number of aryl methyl sites for hydroxylation is 1. The lowest BCUT2D eigenvalue weighted by molar-refractivity contribution is -0.145. The Morgan fingerprint density at radius 3 is 2.54 bits per heavy atom. The number of hydrogen-bond donors (Lipinski definition) is 1. The van der Waals surface area contributed by atoms with E-state index >= 15 is 0 Å². The third kappa shape index (κ3) is 3.58. The number of rotatable bonds is 4. The van der Waals surface area contributed by atoms with Gasteiger partial charge in [0.15, 0.2) is 0 Å². The van der Waals surface area contributed by atoms with Crippen LogP contribution in [0.25, 0.3) is 0 Å². The van der Waals surface area contributed by atoms with Gasteiger partial charge in [-0.1, -0.05) is 6.42 Å². The van der Waals surface area contributed by atoms with E-state index in [0.29, 0.717) is 5.91 Å². The van der Waals surface area contributed by atoms with Crippen LogP contribution in [-0.2, 0) is 11.3 Å². The quantitative estimate of drug-likeness (QED) is 0.877. The maximum atomic E-state index is 12.6. The second-order valence-corrected chi connectivity index (χ2v) is 10.1. The van der Waals surface area contributed by atoms with Crippen LogP contribution < -0.4 is 0 Å². The van der Waals surface area contributed by atoms with E-state index in [1.165, 1.54) is 16.2 Å². The molecule has 0 aromatic carbocycles. The molecule has 5 heteroatoms. The molecule has 1 saturated carbocycles. The Morgan fingerprint density at radius 1 is 1.23 bits per heavy atom. The molecule has 1 atom stereocenters. The molecule has 0 radical (unpaired) electrons. The van der Waals surface area contributed by atoms with Crippen molar-refractivity contribution in [2.24, 2.45) is 17.3 Å². The number of carbonyl (C=O) groups is 1. The van der Waals surface area contributed by atoms with Crippen molar-refractivity contribution in [2.45, 2.75) is 52.0 Å². The Bertz CT molecular complexity index is 632. The summed E-state index contributed by atoms with van der Waals surface area (Å²) in [5.74, 6) is 0.890. The maximum absolute atomic E-state index is 12.6. The van der Waals surface area contributed by atoms with Gasteiger partial charge in [0.1, 0.15) is 0 Å². The summed E-state index contributed by atoms with van der Waals surface area (Å²) in [4.78, 5) is 20.1. The number of carbonyl (C=O) groups excluding carboxylic acids is 1. The lowest BCUT2D eigenvalue weighted by atomic mass is 9.64. The van der Waals surface area contributed by atoms with Gasteiger partial charge in [-0.25, -0.2) is 0 Å². The van der Waals surface area contributed by atoms with Gasteiger partial charge in [-0.3, -0.25) is 9.69 Å². The summed E-state index contributed by atoms with van der Waals surface area (Å²) in [6, 6.07) is 4.47. The fraction of sp³-hybridized carbons (Fsp3) is 0.762. The number of piperidine rings is 2. The van der Waals surface area contributed by atoms with Crippen molar-refractivity contribution < 1.29 is 9.90 Å². The minimum absolute atomic E-state index is 0.221. The van der Waals surface area contributed by atoms with Crippen LogP contribution in [0.15, 0.2) is 12.1 Å². The maximum Gasteiger partial charge on any atom is 0.225 e. The van der Waals surface area contributed by atoms with Crippen molar-refractivity contribution >= 4 is 17.2 Å². The first-order chi connectivity index (χ1) is 12.6. The monoisotopic (exact) mass is 376 g/mol. The molecule has 3 aliphatic rings. The summed E-state index contributed by atoms with van der Waals surface area (Å²) >= 11 is 1.90. The molecule has 144 valence electrons. The topological polar surface area (TPSA) is 43.8 Å². The zero-order valence-electron chi connectivity index (χ0n) is 16.0. The molecule has 3 fully saturated rings. The summed E-state index contributed by atoms with van der Waals surface area (Å²) in [6.45, 7) is 7.35. The van der Waals surface area contributed by atoms with Crippen LogP contribution in [0.5, 0.6) is 0 Å². The fourth-order valence-corrected chi connectivity index (χ4v) is 6.02. The van der Waals surface area contributed by atoms with E-state index in [2.05, 4.69) is 28.9 Å². The number of aliphatic hydroxyl groups is 1. The molecule has 4 nitrogen and oxygen atoms in total. The number of thiophene rings is 1. The van der Waals surface area contributed by atoms with Crippen LogP contribution in [0.3, 0.4) is 0 Å². The molecule has 0 bridgehead atoms. The molecule has 1 aromatic heterocycles. The minimum atomic E-state index is 0.221. The second kappa shape index (κ2) is 7.61. The molecular formula is C21H32N2O2S. The molecule has 1 spiro atoms. The SMILES string of the molecule is Cc1ccc(CN2CCC3(CC2)CCN(C(=O)C2CCC2)C[C@H]3CO)s1. The molecular weight excluding hydrogens is 344 g/mol. The number of nitrogens with zero attached hydrogens (tertiary/aromatic N) is 2. The van der Waals surface area contributed by atoms with Gasteiger partial charge in [-0.2, -0.15) is 0 Å². The van der Waals surface area contributed by atoms with E-state index in [0.717, 1.165) is 64.8 Å². The van der Waals surface area contributed by atoms with E-state index < -0.39 is 0 Å². The third-order valence-corrected chi connectivity index (χ3v) is 8.19. The lowest BCUT2D eigenvalue weighted by Gasteiger charge is -2.52. The highest BCUT2D eigenvalue weighted by atomic mass is 32.1. The summed E-state index contributed by atoms with van der Waals surface area (Å²) in [5, 5.41) is 10.1. The zero-order valence-corrected chi connectivity index (χ0v) is 16.8. The molecule has 2 saturated heterocycles. The van der Waals surface area contributed by atoms with Crippen molar-refractivity contribution in [1.82, 2.24) is 9.80 Å². The first-order valence-corrected chi connectivity index (χ1v) is 11.1. The Labute approximate surface area is 161 Å². The molecule has 3 heterocycles. The van der Waals surface area contributed by atoms with Gasteiger partial charge in [0.05, 0.1) is 0 Å². The van der Waals surface area contributed by atoms with Gasteiger partial charge in [0, 0.05) is 47.8 Å². The van der Waals surface area contributed by atoms with Gasteiger partial charge >= 0.3 is 0 Å². The van der Waals surface area contributed by atoms with E-state index in [9.17, 15) is 9.90 Å². The van der Waals surface area contributed by atoms with Gasteiger partial charge in [0.2, 0.25) is 5.91 Å². The number of hydrogen-bond acceptors (Lipinski definition) is 4. The summed E-state index contributed by atoms with van der Waals surface area (Å²) in [6.07, 6.45) is 6.74. The molecule has 1 aliphatic carbocycles. The Kier molecular flexibility index (Phi) is 5.40. The van der Waals surface area contributed by atoms with Crippen LogP contribution in [0.4, 0.5) is 0 Å². The average Bonchev–Trinajstić information content (AvgIpc) is 3.01. The summed E-state index contributed by atoms with van der Waals surface area (Å²) < 4.78 is 0. The van der Waals surface area contributed by atoms with Crippen molar-refractivity contribution in [2.75, 3.05) is 32.8 Å².